The number of benzene rings is 1. The molecular weight excluding hydrogens is 196 g/mol. The van der Waals surface area contributed by atoms with Gasteiger partial charge in [-0.2, -0.15) is 0 Å². The summed E-state index contributed by atoms with van der Waals surface area (Å²) in [4.78, 5) is 10.8. The standard InChI is InChI=1S/C11H14O4/c1-11(2,3)6-4-5-7(12)8(9(6)13)10(14)15/h4-5,12-13H,1-3H3,(H,14,15). The summed E-state index contributed by atoms with van der Waals surface area (Å²) in [5.74, 6) is -2.13. The Kier molecular flexibility index (Phi) is 2.62. The second kappa shape index (κ2) is 3.46. The lowest BCUT2D eigenvalue weighted by Gasteiger charge is -2.21. The van der Waals surface area contributed by atoms with Gasteiger partial charge in [0.15, 0.2) is 0 Å². The first-order valence-corrected chi connectivity index (χ1v) is 4.54. The van der Waals surface area contributed by atoms with E-state index in [0.29, 0.717) is 5.56 Å². The largest absolute Gasteiger partial charge is 0.507 e. The Labute approximate surface area is 87.8 Å². The highest BCUT2D eigenvalue weighted by Gasteiger charge is 2.24. The molecule has 4 nitrogen and oxygen atoms in total. The maximum absolute atomic E-state index is 10.8. The molecule has 4 heteroatoms. The molecule has 0 saturated carbocycles. The summed E-state index contributed by atoms with van der Waals surface area (Å²) in [5.41, 5.74) is -0.317. The minimum Gasteiger partial charge on any atom is -0.507 e. The maximum atomic E-state index is 10.8. The number of aromatic carboxylic acids is 1. The van der Waals surface area contributed by atoms with Crippen LogP contribution >= 0.6 is 0 Å². The topological polar surface area (TPSA) is 77.8 Å². The second-order valence-corrected chi connectivity index (χ2v) is 4.41. The molecule has 0 bridgehead atoms. The summed E-state index contributed by atoms with van der Waals surface area (Å²) in [7, 11) is 0. The predicted molar refractivity (Wildman–Crippen MR) is 55.4 cm³/mol. The number of rotatable bonds is 1. The fourth-order valence-electron chi connectivity index (χ4n) is 1.40. The number of hydrogen-bond donors (Lipinski definition) is 3. The van der Waals surface area contributed by atoms with Gasteiger partial charge in [0, 0.05) is 5.56 Å². The molecular formula is C11H14O4. The summed E-state index contributed by atoms with van der Waals surface area (Å²) < 4.78 is 0. The van der Waals surface area contributed by atoms with E-state index in [0.717, 1.165) is 0 Å². The van der Waals surface area contributed by atoms with Gasteiger partial charge < -0.3 is 15.3 Å². The zero-order valence-electron chi connectivity index (χ0n) is 8.90. The molecule has 0 aliphatic rings. The summed E-state index contributed by atoms with van der Waals surface area (Å²) >= 11 is 0. The predicted octanol–water partition coefficient (Wildman–Crippen LogP) is 2.09. The molecule has 0 aliphatic heterocycles. The third-order valence-electron chi connectivity index (χ3n) is 2.18. The molecule has 3 N–H and O–H groups in total. The molecule has 0 saturated heterocycles. The SMILES string of the molecule is CC(C)(C)c1ccc(O)c(C(=O)O)c1O. The van der Waals surface area contributed by atoms with Crippen LogP contribution in [0.25, 0.3) is 0 Å². The van der Waals surface area contributed by atoms with Crippen molar-refractivity contribution in [2.75, 3.05) is 0 Å². The van der Waals surface area contributed by atoms with E-state index in [1.165, 1.54) is 12.1 Å². The molecule has 0 amide bonds. The van der Waals surface area contributed by atoms with Crippen LogP contribution in [0.4, 0.5) is 0 Å². The van der Waals surface area contributed by atoms with Crippen LogP contribution < -0.4 is 0 Å². The van der Waals surface area contributed by atoms with Crippen LogP contribution in [0.15, 0.2) is 12.1 Å². The van der Waals surface area contributed by atoms with E-state index in [4.69, 9.17) is 5.11 Å². The van der Waals surface area contributed by atoms with E-state index < -0.39 is 17.3 Å². The van der Waals surface area contributed by atoms with Gasteiger partial charge in [-0.15, -0.1) is 0 Å². The highest BCUT2D eigenvalue weighted by Crippen LogP contribution is 2.37. The Morgan fingerprint density at radius 2 is 1.73 bits per heavy atom. The first kappa shape index (κ1) is 11.4. The molecule has 1 aromatic rings. The van der Waals surface area contributed by atoms with E-state index in [1.807, 2.05) is 20.8 Å². The monoisotopic (exact) mass is 210 g/mol. The number of carboxylic acid groups (broad SMARTS) is 1. The number of carboxylic acids is 1. The average Bonchev–Trinajstić information content (AvgIpc) is 2.00. The van der Waals surface area contributed by atoms with Crippen LogP contribution in [-0.4, -0.2) is 21.3 Å². The molecule has 1 rings (SSSR count). The summed E-state index contributed by atoms with van der Waals surface area (Å²) in [5, 5.41) is 27.9. The highest BCUT2D eigenvalue weighted by atomic mass is 16.4. The van der Waals surface area contributed by atoms with Gasteiger partial charge in [0.2, 0.25) is 0 Å². The minimum atomic E-state index is -1.34. The van der Waals surface area contributed by atoms with Crippen molar-refractivity contribution >= 4 is 5.97 Å². The van der Waals surface area contributed by atoms with Gasteiger partial charge >= 0.3 is 5.97 Å². The maximum Gasteiger partial charge on any atom is 0.343 e. The van der Waals surface area contributed by atoms with Crippen molar-refractivity contribution in [3.05, 3.63) is 23.3 Å². The molecule has 0 unspecified atom stereocenters. The third-order valence-corrected chi connectivity index (χ3v) is 2.18. The Morgan fingerprint density at radius 3 is 2.13 bits per heavy atom. The average molecular weight is 210 g/mol. The molecule has 15 heavy (non-hydrogen) atoms. The van der Waals surface area contributed by atoms with Gasteiger partial charge in [-0.25, -0.2) is 4.79 Å². The smallest absolute Gasteiger partial charge is 0.343 e. The van der Waals surface area contributed by atoms with Crippen LogP contribution in [0.3, 0.4) is 0 Å². The van der Waals surface area contributed by atoms with Crippen LogP contribution in [0.5, 0.6) is 11.5 Å². The molecule has 0 aliphatic carbocycles. The number of aromatic hydroxyl groups is 2. The lowest BCUT2D eigenvalue weighted by molar-refractivity contribution is 0.0690. The van der Waals surface area contributed by atoms with Gasteiger partial charge in [0.25, 0.3) is 0 Å². The van der Waals surface area contributed by atoms with Crippen LogP contribution in [-0.2, 0) is 5.41 Å². The third kappa shape index (κ3) is 2.03. The van der Waals surface area contributed by atoms with E-state index in [-0.39, 0.29) is 11.2 Å². The van der Waals surface area contributed by atoms with Crippen molar-refractivity contribution < 1.29 is 20.1 Å². The van der Waals surface area contributed by atoms with E-state index in [2.05, 4.69) is 0 Å². The Bertz CT molecular complexity index is 402. The first-order chi connectivity index (χ1) is 6.75. The summed E-state index contributed by atoms with van der Waals surface area (Å²) in [6.07, 6.45) is 0. The van der Waals surface area contributed by atoms with Gasteiger partial charge in [0.1, 0.15) is 17.1 Å². The molecule has 0 fully saturated rings. The summed E-state index contributed by atoms with van der Waals surface area (Å²) in [6.45, 7) is 5.56. The van der Waals surface area contributed by atoms with Crippen molar-refractivity contribution in [3.63, 3.8) is 0 Å². The van der Waals surface area contributed by atoms with E-state index in [9.17, 15) is 15.0 Å². The molecule has 0 heterocycles. The van der Waals surface area contributed by atoms with E-state index >= 15 is 0 Å². The van der Waals surface area contributed by atoms with Crippen molar-refractivity contribution in [1.29, 1.82) is 0 Å². The van der Waals surface area contributed by atoms with Crippen LogP contribution in [0, 0.1) is 0 Å². The fraction of sp³-hybridized carbons (Fsp3) is 0.364. The lowest BCUT2D eigenvalue weighted by Crippen LogP contribution is -2.13. The molecule has 82 valence electrons. The molecule has 0 aromatic heterocycles. The fourth-order valence-corrected chi connectivity index (χ4v) is 1.40. The van der Waals surface area contributed by atoms with Gasteiger partial charge in [-0.1, -0.05) is 26.8 Å². The highest BCUT2D eigenvalue weighted by molar-refractivity contribution is 5.94. The van der Waals surface area contributed by atoms with Crippen LogP contribution in [0.2, 0.25) is 0 Å². The zero-order valence-corrected chi connectivity index (χ0v) is 8.90. The number of carbonyl (C=O) groups is 1. The Balaban J connectivity index is 3.49. The van der Waals surface area contributed by atoms with Crippen molar-refractivity contribution in [2.24, 2.45) is 0 Å². The number of phenols is 2. The van der Waals surface area contributed by atoms with Crippen molar-refractivity contribution in [3.8, 4) is 11.5 Å². The quantitative estimate of drug-likeness (QED) is 0.663. The first-order valence-electron chi connectivity index (χ1n) is 4.54. The minimum absolute atomic E-state index is 0.366. The normalized spacial score (nSPS) is 11.4. The van der Waals surface area contributed by atoms with E-state index in [1.54, 1.807) is 0 Å². The lowest BCUT2D eigenvalue weighted by atomic mass is 9.85. The van der Waals surface area contributed by atoms with Gasteiger partial charge in [-0.3, -0.25) is 0 Å². The van der Waals surface area contributed by atoms with Crippen molar-refractivity contribution in [2.45, 2.75) is 26.2 Å². The zero-order chi connectivity index (χ0) is 11.8. The van der Waals surface area contributed by atoms with Gasteiger partial charge in [-0.05, 0) is 11.5 Å². The molecule has 0 radical (unpaired) electrons. The molecule has 0 spiro atoms. The summed E-state index contributed by atoms with van der Waals surface area (Å²) in [6, 6.07) is 2.81. The van der Waals surface area contributed by atoms with Crippen molar-refractivity contribution in [1.82, 2.24) is 0 Å². The number of hydrogen-bond acceptors (Lipinski definition) is 3. The Morgan fingerprint density at radius 1 is 1.20 bits per heavy atom. The second-order valence-electron chi connectivity index (χ2n) is 4.41. The van der Waals surface area contributed by atoms with Crippen LogP contribution in [0.1, 0.15) is 36.7 Å². The molecule has 0 atom stereocenters. The molecule has 1 aromatic carbocycles. The van der Waals surface area contributed by atoms with Gasteiger partial charge in [0.05, 0.1) is 0 Å². The Hall–Kier alpha value is -1.71.